The van der Waals surface area contributed by atoms with E-state index in [4.69, 9.17) is 14.9 Å². The molecule has 0 aliphatic carbocycles. The van der Waals surface area contributed by atoms with Crippen molar-refractivity contribution < 1.29 is 44.5 Å². The van der Waals surface area contributed by atoms with Gasteiger partial charge >= 0.3 is 29.6 Å². The number of para-hydroxylation sites is 2. The molecule has 1 aromatic carbocycles. The van der Waals surface area contributed by atoms with E-state index in [-0.39, 0.29) is 36.2 Å². The third-order valence-corrected chi connectivity index (χ3v) is 4.64. The van der Waals surface area contributed by atoms with Crippen LogP contribution in [0.25, 0.3) is 11.0 Å². The first-order chi connectivity index (χ1) is 13.4. The smallest absolute Gasteiger partial charge is 0.430 e. The number of aliphatic hydroxyl groups excluding tert-OH is 1. The van der Waals surface area contributed by atoms with E-state index < -0.39 is 5.79 Å². The van der Waals surface area contributed by atoms with Crippen molar-refractivity contribution in [1.82, 2.24) is 15.0 Å². The van der Waals surface area contributed by atoms with Gasteiger partial charge in [0.1, 0.15) is 0 Å². The summed E-state index contributed by atoms with van der Waals surface area (Å²) in [7, 11) is 0. The minimum Gasteiger partial charge on any atom is -0.430 e. The number of unbranched alkanes of at least 4 members (excludes halogenated alkanes) is 1. The van der Waals surface area contributed by atoms with Crippen LogP contribution in [0.1, 0.15) is 37.9 Å². The van der Waals surface area contributed by atoms with E-state index in [9.17, 15) is 0 Å². The van der Waals surface area contributed by atoms with Gasteiger partial charge in [0.25, 0.3) is 0 Å². The molecule has 3 aromatic rings. The number of fused-ring (bicyclic) bond motifs is 1. The number of hydrogen-bond acceptors (Lipinski definition) is 6. The molecule has 152 valence electrons. The third kappa shape index (κ3) is 10.1. The Morgan fingerprint density at radius 1 is 1.14 bits per heavy atom. The van der Waals surface area contributed by atoms with Gasteiger partial charge in [0.2, 0.25) is 0 Å². The van der Waals surface area contributed by atoms with Gasteiger partial charge in [-0.1, -0.05) is 30.3 Å². The summed E-state index contributed by atoms with van der Waals surface area (Å²) in [5, 5.41) is 18.2. The van der Waals surface area contributed by atoms with Crippen LogP contribution in [0.5, 0.6) is 0 Å². The number of rotatable bonds is 8. The summed E-state index contributed by atoms with van der Waals surface area (Å²) in [5.74, 6) is -0.224. The van der Waals surface area contributed by atoms with Crippen LogP contribution in [-0.2, 0) is 10.5 Å². The van der Waals surface area contributed by atoms with Crippen molar-refractivity contribution in [1.29, 1.82) is 0 Å². The average molecular weight is 426 g/mol. The molecule has 2 N–H and O–H groups in total. The Morgan fingerprint density at radius 3 is 2.55 bits per heavy atom. The number of aryl methyl sites for hydroxylation is 1. The molecule has 8 heteroatoms. The molecule has 29 heavy (non-hydrogen) atoms. The van der Waals surface area contributed by atoms with Crippen LogP contribution in [0.4, 0.5) is 0 Å². The van der Waals surface area contributed by atoms with Crippen molar-refractivity contribution in [3.8, 4) is 0 Å². The summed E-state index contributed by atoms with van der Waals surface area (Å²) in [6, 6.07) is 12.0. The van der Waals surface area contributed by atoms with Crippen molar-refractivity contribution in [3.63, 3.8) is 0 Å². The van der Waals surface area contributed by atoms with Crippen molar-refractivity contribution in [2.75, 3.05) is 13.2 Å². The van der Waals surface area contributed by atoms with E-state index in [0.717, 1.165) is 40.5 Å². The van der Waals surface area contributed by atoms with Gasteiger partial charge in [0.05, 0.1) is 12.3 Å². The Hall–Kier alpha value is -0.930. The second kappa shape index (κ2) is 13.4. The molecule has 0 saturated carbocycles. The number of aliphatic hydroxyl groups is 2. The van der Waals surface area contributed by atoms with Gasteiger partial charge in [-0.3, -0.25) is 4.98 Å². The maximum Gasteiger partial charge on any atom is 1.00 e. The van der Waals surface area contributed by atoms with Gasteiger partial charge < -0.3 is 24.9 Å². The Labute approximate surface area is 198 Å². The van der Waals surface area contributed by atoms with Crippen LogP contribution in [0.2, 0.25) is 0 Å². The Balaban J connectivity index is 0.000000332. The molecular weight excluding hydrogens is 397 g/mol. The molecule has 0 bridgehead atoms. The first-order valence-corrected chi connectivity index (χ1v) is 10.3. The van der Waals surface area contributed by atoms with Crippen LogP contribution in [0.15, 0.2) is 47.8 Å². The fourth-order valence-corrected chi connectivity index (χ4v) is 3.18. The predicted molar refractivity (Wildman–Crippen MR) is 112 cm³/mol. The SMILES string of the molecule is CC(C)(O)OCCCCO.Cc1cccnc1CSc1nc2ccccc2[n-]1.[Na+]. The van der Waals surface area contributed by atoms with Crippen molar-refractivity contribution in [2.24, 2.45) is 0 Å². The monoisotopic (exact) mass is 425 g/mol. The number of hydrogen-bond donors (Lipinski definition) is 2. The summed E-state index contributed by atoms with van der Waals surface area (Å²) in [5.41, 5.74) is 4.22. The normalized spacial score (nSPS) is 10.9. The molecular formula is C21H28N3NaO3S. The number of ether oxygens (including phenoxy) is 1. The molecule has 0 radical (unpaired) electrons. The second-order valence-electron chi connectivity index (χ2n) is 6.78. The maximum absolute atomic E-state index is 9.03. The van der Waals surface area contributed by atoms with Crippen LogP contribution in [0.3, 0.4) is 0 Å². The van der Waals surface area contributed by atoms with Gasteiger partial charge in [0.15, 0.2) is 5.79 Å². The van der Waals surface area contributed by atoms with Gasteiger partial charge in [0, 0.05) is 18.6 Å². The molecule has 0 fully saturated rings. The summed E-state index contributed by atoms with van der Waals surface area (Å²) in [6.07, 6.45) is 3.35. The molecule has 0 atom stereocenters. The first-order valence-electron chi connectivity index (χ1n) is 9.29. The van der Waals surface area contributed by atoms with Gasteiger partial charge in [-0.05, 0) is 61.4 Å². The number of benzene rings is 1. The van der Waals surface area contributed by atoms with E-state index >= 15 is 0 Å². The number of nitrogens with zero attached hydrogens (tertiary/aromatic N) is 3. The van der Waals surface area contributed by atoms with Crippen molar-refractivity contribution >= 4 is 22.8 Å². The number of thioether (sulfide) groups is 1. The second-order valence-corrected chi connectivity index (χ2v) is 7.72. The van der Waals surface area contributed by atoms with Gasteiger partial charge in [-0.15, -0.1) is 11.8 Å². The molecule has 6 nitrogen and oxygen atoms in total. The first kappa shape index (κ1) is 26.1. The zero-order valence-electron chi connectivity index (χ0n) is 17.6. The van der Waals surface area contributed by atoms with Crippen molar-refractivity contribution in [3.05, 3.63) is 53.9 Å². The summed E-state index contributed by atoms with van der Waals surface area (Å²) >= 11 is 1.63. The van der Waals surface area contributed by atoms with Crippen molar-refractivity contribution in [2.45, 2.75) is 50.3 Å². The third-order valence-electron chi connectivity index (χ3n) is 3.78. The largest absolute Gasteiger partial charge is 1.00 e. The van der Waals surface area contributed by atoms with E-state index in [0.29, 0.717) is 6.61 Å². The zero-order chi connectivity index (χ0) is 20.4. The fourth-order valence-electron chi connectivity index (χ4n) is 2.29. The molecule has 2 heterocycles. The average Bonchev–Trinajstić information content (AvgIpc) is 3.07. The zero-order valence-corrected chi connectivity index (χ0v) is 20.4. The van der Waals surface area contributed by atoms with Crippen LogP contribution in [0, 0.1) is 6.92 Å². The van der Waals surface area contributed by atoms with E-state index in [1.165, 1.54) is 5.56 Å². The quantitative estimate of drug-likeness (QED) is 0.238. The molecule has 2 aromatic heterocycles. The maximum atomic E-state index is 9.03. The van der Waals surface area contributed by atoms with Crippen LogP contribution < -0.4 is 34.5 Å². The standard InChI is InChI=1S/C14H12N3S.C7H16O3.Na/c1-10-5-4-8-15-13(10)9-18-14-16-11-6-2-3-7-12(11)17-14;1-7(2,9)10-6-4-3-5-8;/h2-8H,9H2,1H3;8-9H,3-6H2,1-2H3;/q-1;;+1. The topological polar surface area (TPSA) is 89.6 Å². The molecule has 0 aliphatic heterocycles. The molecule has 0 spiro atoms. The molecule has 0 unspecified atom stereocenters. The van der Waals surface area contributed by atoms with E-state index in [1.807, 2.05) is 36.5 Å². The number of aromatic nitrogens is 3. The Bertz CT molecular complexity index is 819. The van der Waals surface area contributed by atoms with E-state index in [1.54, 1.807) is 25.6 Å². The number of pyridine rings is 1. The minimum absolute atomic E-state index is 0. The summed E-state index contributed by atoms with van der Waals surface area (Å²) in [6.45, 7) is 5.95. The molecule has 0 saturated heterocycles. The number of imidazole rings is 1. The fraction of sp³-hybridized carbons (Fsp3) is 0.429. The Morgan fingerprint density at radius 2 is 1.90 bits per heavy atom. The Kier molecular flexibility index (Phi) is 12.1. The van der Waals surface area contributed by atoms with Gasteiger partial charge in [-0.2, -0.15) is 0 Å². The molecule has 0 amide bonds. The molecule has 3 rings (SSSR count). The van der Waals surface area contributed by atoms with Gasteiger partial charge in [-0.25, -0.2) is 0 Å². The minimum atomic E-state index is -1.03. The summed E-state index contributed by atoms with van der Waals surface area (Å²) in [4.78, 5) is 13.3. The molecule has 0 aliphatic rings. The van der Waals surface area contributed by atoms with Crippen LogP contribution in [-0.4, -0.2) is 39.2 Å². The predicted octanol–water partition coefficient (Wildman–Crippen LogP) is 0.696. The van der Waals surface area contributed by atoms with Crippen LogP contribution >= 0.6 is 11.8 Å². The van der Waals surface area contributed by atoms with E-state index in [2.05, 4.69) is 27.9 Å². The summed E-state index contributed by atoms with van der Waals surface area (Å²) < 4.78 is 4.98.